The van der Waals surface area contributed by atoms with E-state index in [4.69, 9.17) is 9.47 Å². The summed E-state index contributed by atoms with van der Waals surface area (Å²) in [5.41, 5.74) is 2.28. The van der Waals surface area contributed by atoms with Gasteiger partial charge in [-0.2, -0.15) is 0 Å². The zero-order chi connectivity index (χ0) is 22.5. The van der Waals surface area contributed by atoms with Crippen LogP contribution in [0.1, 0.15) is 11.1 Å². The van der Waals surface area contributed by atoms with Gasteiger partial charge in [0.25, 0.3) is 0 Å². The van der Waals surface area contributed by atoms with E-state index >= 15 is 0 Å². The number of hydrogen-bond donors (Lipinski definition) is 2. The van der Waals surface area contributed by atoms with Crippen molar-refractivity contribution in [2.24, 2.45) is 9.98 Å². The van der Waals surface area contributed by atoms with Gasteiger partial charge in [-0.3, -0.25) is 9.98 Å². The summed E-state index contributed by atoms with van der Waals surface area (Å²) in [6.45, 7) is 0. The summed E-state index contributed by atoms with van der Waals surface area (Å²) in [4.78, 5) is 9.18. The summed E-state index contributed by atoms with van der Waals surface area (Å²) in [7, 11) is 3.00. The molecule has 0 fully saturated rings. The molecule has 0 aliphatic carbocycles. The average molecular weight is 586 g/mol. The number of phenols is 2. The van der Waals surface area contributed by atoms with Gasteiger partial charge in [0.1, 0.15) is 0 Å². The molecule has 0 atom stereocenters. The summed E-state index contributed by atoms with van der Waals surface area (Å²) in [6, 6.07) is 22.2. The van der Waals surface area contributed by atoms with Crippen LogP contribution in [0.2, 0.25) is 0 Å². The predicted molar refractivity (Wildman–Crippen MR) is 134 cm³/mol. The molecule has 4 rings (SSSR count). The standard InChI is InChI=1S/C26H22N2O4.CH3.Fe.Y/c1-31-23-11-5-9-19(25(23)29)15-27-21-13-17-7-3-4-8-18(17)14-22(21)28-16-20-10-6-12-24(32-2)26(20)30;;;/h3-16,29-30H,1-2H3;1H3;;/q;-1;;. The quantitative estimate of drug-likeness (QED) is 0.160. The minimum atomic E-state index is 0. The molecule has 0 aliphatic heterocycles. The molecule has 0 amide bonds. The number of para-hydroxylation sites is 2. The van der Waals surface area contributed by atoms with Gasteiger partial charge in [-0.15, -0.1) is 0 Å². The molecular weight excluding hydrogens is 561 g/mol. The number of aliphatic imine (C=N–C) groups is 2. The molecule has 0 heterocycles. The van der Waals surface area contributed by atoms with Crippen LogP contribution < -0.4 is 9.47 Å². The van der Waals surface area contributed by atoms with Crippen LogP contribution in [0.4, 0.5) is 11.4 Å². The molecule has 8 heteroatoms. The van der Waals surface area contributed by atoms with Crippen molar-refractivity contribution >= 4 is 34.6 Å². The molecular formula is C27H25FeN2O4Y-. The number of methoxy groups -OCH3 is 2. The fourth-order valence-electron chi connectivity index (χ4n) is 3.32. The van der Waals surface area contributed by atoms with Crippen molar-refractivity contribution in [1.82, 2.24) is 0 Å². The Labute approximate surface area is 241 Å². The first-order valence-corrected chi connectivity index (χ1v) is 9.93. The smallest absolute Gasteiger partial charge is 0.166 e. The maximum atomic E-state index is 10.4. The molecule has 0 aliphatic rings. The number of benzene rings is 4. The van der Waals surface area contributed by atoms with Crippen molar-refractivity contribution in [3.63, 3.8) is 0 Å². The van der Waals surface area contributed by atoms with E-state index in [1.807, 2.05) is 36.4 Å². The topological polar surface area (TPSA) is 83.6 Å². The van der Waals surface area contributed by atoms with E-state index in [1.165, 1.54) is 14.2 Å². The summed E-state index contributed by atoms with van der Waals surface area (Å²) >= 11 is 0. The Morgan fingerprint density at radius 2 is 1.06 bits per heavy atom. The van der Waals surface area contributed by atoms with Gasteiger partial charge in [-0.05, 0) is 47.2 Å². The van der Waals surface area contributed by atoms with Crippen LogP contribution in [0, 0.1) is 7.43 Å². The fourth-order valence-corrected chi connectivity index (χ4v) is 3.32. The van der Waals surface area contributed by atoms with Crippen molar-refractivity contribution < 1.29 is 69.5 Å². The SMILES string of the molecule is COc1cccc(C=Nc2cc3ccccc3cc2N=Cc2cccc(OC)c2O)c1O.[CH3-].[Fe].[Y]. The Balaban J connectivity index is 0.00000204. The second-order valence-corrected chi connectivity index (χ2v) is 7.00. The van der Waals surface area contributed by atoms with Crippen molar-refractivity contribution in [3.8, 4) is 23.0 Å². The molecule has 0 aromatic heterocycles. The number of rotatable bonds is 6. The van der Waals surface area contributed by atoms with Crippen LogP contribution >= 0.6 is 0 Å². The predicted octanol–water partition coefficient (Wildman–Crippen LogP) is 6.21. The second-order valence-electron chi connectivity index (χ2n) is 7.00. The average Bonchev–Trinajstić information content (AvgIpc) is 2.82. The van der Waals surface area contributed by atoms with E-state index in [2.05, 4.69) is 9.98 Å². The molecule has 4 aromatic carbocycles. The molecule has 2 N–H and O–H groups in total. The number of hydrogen-bond acceptors (Lipinski definition) is 6. The minimum absolute atomic E-state index is 0. The normalized spacial score (nSPS) is 10.5. The molecule has 6 nitrogen and oxygen atoms in total. The zero-order valence-electron chi connectivity index (χ0n) is 19.6. The van der Waals surface area contributed by atoms with E-state index in [0.717, 1.165) is 10.8 Å². The summed E-state index contributed by atoms with van der Waals surface area (Å²) < 4.78 is 10.3. The molecule has 179 valence electrons. The van der Waals surface area contributed by atoms with Gasteiger partial charge in [0.2, 0.25) is 0 Å². The van der Waals surface area contributed by atoms with Crippen LogP contribution in [0.3, 0.4) is 0 Å². The number of nitrogens with zero attached hydrogens (tertiary/aromatic N) is 2. The van der Waals surface area contributed by atoms with Crippen LogP contribution in [-0.2, 0) is 49.8 Å². The van der Waals surface area contributed by atoms with Crippen molar-refractivity contribution in [1.29, 1.82) is 0 Å². The third kappa shape index (κ3) is 6.92. The van der Waals surface area contributed by atoms with E-state index in [0.29, 0.717) is 34.0 Å². The molecule has 35 heavy (non-hydrogen) atoms. The monoisotopic (exact) mass is 586 g/mol. The molecule has 4 aromatic rings. The Bertz CT molecular complexity index is 1240. The maximum absolute atomic E-state index is 10.4. The van der Waals surface area contributed by atoms with Gasteiger partial charge in [0, 0.05) is 73.3 Å². The molecule has 0 spiro atoms. The van der Waals surface area contributed by atoms with Crippen LogP contribution in [0.15, 0.2) is 82.8 Å². The molecule has 1 radical (unpaired) electrons. The fraction of sp³-hybridized carbons (Fsp3) is 0.0741. The third-order valence-electron chi connectivity index (χ3n) is 5.03. The maximum Gasteiger partial charge on any atom is 0.166 e. The van der Waals surface area contributed by atoms with Crippen molar-refractivity contribution in [2.45, 2.75) is 0 Å². The van der Waals surface area contributed by atoms with Crippen molar-refractivity contribution in [2.75, 3.05) is 14.2 Å². The van der Waals surface area contributed by atoms with Gasteiger partial charge in [0.05, 0.1) is 25.6 Å². The van der Waals surface area contributed by atoms with Crippen LogP contribution in [0.25, 0.3) is 10.8 Å². The Morgan fingerprint density at radius 3 is 1.43 bits per heavy atom. The number of aromatic hydroxyl groups is 2. The molecule has 0 saturated heterocycles. The van der Waals surface area contributed by atoms with E-state index < -0.39 is 0 Å². The number of ether oxygens (including phenoxy) is 2. The first-order valence-electron chi connectivity index (χ1n) is 9.93. The Hall–Kier alpha value is -2.70. The molecule has 0 bridgehead atoms. The zero-order valence-corrected chi connectivity index (χ0v) is 23.6. The Kier molecular flexibility index (Phi) is 12.1. The van der Waals surface area contributed by atoms with E-state index in [-0.39, 0.29) is 68.7 Å². The number of phenolic OH excluding ortho intramolecular Hbond substituents is 2. The van der Waals surface area contributed by atoms with Gasteiger partial charge >= 0.3 is 0 Å². The largest absolute Gasteiger partial charge is 0.504 e. The summed E-state index contributed by atoms with van der Waals surface area (Å²) in [5.74, 6) is 0.787. The van der Waals surface area contributed by atoms with Gasteiger partial charge in [-0.1, -0.05) is 36.4 Å². The first-order chi connectivity index (χ1) is 15.6. The second kappa shape index (κ2) is 14.0. The van der Waals surface area contributed by atoms with Gasteiger partial charge in [0.15, 0.2) is 23.0 Å². The minimum Gasteiger partial charge on any atom is -0.504 e. The molecule has 0 unspecified atom stereocenters. The van der Waals surface area contributed by atoms with Crippen LogP contribution in [-0.4, -0.2) is 36.9 Å². The Morgan fingerprint density at radius 1 is 0.657 bits per heavy atom. The van der Waals surface area contributed by atoms with E-state index in [1.54, 1.807) is 48.8 Å². The molecule has 0 saturated carbocycles. The third-order valence-corrected chi connectivity index (χ3v) is 5.03. The van der Waals surface area contributed by atoms with E-state index in [9.17, 15) is 10.2 Å². The number of fused-ring (bicyclic) bond motifs is 1. The summed E-state index contributed by atoms with van der Waals surface area (Å²) in [6.07, 6.45) is 3.15. The van der Waals surface area contributed by atoms with Gasteiger partial charge < -0.3 is 27.1 Å². The first kappa shape index (κ1) is 30.3. The van der Waals surface area contributed by atoms with Crippen molar-refractivity contribution in [3.05, 3.63) is 91.3 Å². The van der Waals surface area contributed by atoms with Gasteiger partial charge in [-0.25, -0.2) is 0 Å². The van der Waals surface area contributed by atoms with Crippen LogP contribution in [0.5, 0.6) is 23.0 Å². The summed E-state index contributed by atoms with van der Waals surface area (Å²) in [5, 5.41) is 22.7.